The molecule has 64 valence electrons. The number of hydrogen-bond acceptors (Lipinski definition) is 4. The van der Waals surface area contributed by atoms with Crippen LogP contribution in [0.25, 0.3) is 0 Å². The molecule has 1 aromatic rings. The topological polar surface area (TPSA) is 53.7 Å². The van der Waals surface area contributed by atoms with Crippen molar-refractivity contribution in [1.29, 1.82) is 0 Å². The van der Waals surface area contributed by atoms with Gasteiger partial charge in [0.15, 0.2) is 5.82 Å². The van der Waals surface area contributed by atoms with Crippen LogP contribution in [0.2, 0.25) is 0 Å². The Labute approximate surface area is 77.4 Å². The molecule has 12 heavy (non-hydrogen) atoms. The van der Waals surface area contributed by atoms with Gasteiger partial charge in [-0.2, -0.15) is 5.17 Å². The first-order valence-corrected chi connectivity index (χ1v) is 4.22. The number of fused-ring (bicyclic) bond motifs is 1. The summed E-state index contributed by atoms with van der Waals surface area (Å²) < 4.78 is 0.662. The summed E-state index contributed by atoms with van der Waals surface area (Å²) in [5.74, 6) is 0.633. The predicted molar refractivity (Wildman–Crippen MR) is 47.6 cm³/mol. The van der Waals surface area contributed by atoms with Crippen molar-refractivity contribution in [2.75, 3.05) is 11.7 Å². The van der Waals surface area contributed by atoms with Crippen LogP contribution in [0.15, 0.2) is 15.7 Å². The maximum absolute atomic E-state index is 9.38. The highest BCUT2D eigenvalue weighted by atomic mass is 79.9. The SMILES string of the molecule is CC1=Nc2cc(Br)nn2N(O)C1. The summed E-state index contributed by atoms with van der Waals surface area (Å²) in [5, 5.41) is 14.4. The van der Waals surface area contributed by atoms with Gasteiger partial charge in [-0.15, -0.1) is 9.89 Å². The maximum Gasteiger partial charge on any atom is 0.177 e. The number of aliphatic imine (C=N–C) groups is 1. The van der Waals surface area contributed by atoms with Crippen LogP contribution in [-0.4, -0.2) is 27.4 Å². The van der Waals surface area contributed by atoms with E-state index in [1.54, 1.807) is 6.07 Å². The molecule has 0 spiro atoms. The molecule has 1 aromatic heterocycles. The van der Waals surface area contributed by atoms with Gasteiger partial charge in [-0.3, -0.25) is 5.21 Å². The van der Waals surface area contributed by atoms with Crippen LogP contribution in [0.4, 0.5) is 5.82 Å². The van der Waals surface area contributed by atoms with E-state index in [0.717, 1.165) is 10.9 Å². The van der Waals surface area contributed by atoms with Crippen LogP contribution < -0.4 is 5.17 Å². The molecular weight excluding hydrogens is 224 g/mol. The highest BCUT2D eigenvalue weighted by Gasteiger charge is 2.16. The van der Waals surface area contributed by atoms with Crippen molar-refractivity contribution in [1.82, 2.24) is 9.89 Å². The third-order valence-corrected chi connectivity index (χ3v) is 1.93. The molecule has 5 nitrogen and oxygen atoms in total. The van der Waals surface area contributed by atoms with Crippen molar-refractivity contribution in [3.8, 4) is 0 Å². The fourth-order valence-corrected chi connectivity index (χ4v) is 1.44. The van der Waals surface area contributed by atoms with E-state index in [-0.39, 0.29) is 0 Å². The second-order valence-electron chi connectivity index (χ2n) is 2.59. The first-order chi connectivity index (χ1) is 5.66. The number of halogens is 1. The molecule has 0 atom stereocenters. The van der Waals surface area contributed by atoms with E-state index >= 15 is 0 Å². The lowest BCUT2D eigenvalue weighted by atomic mass is 10.4. The summed E-state index contributed by atoms with van der Waals surface area (Å²) in [4.78, 5) is 5.55. The van der Waals surface area contributed by atoms with E-state index in [0.29, 0.717) is 17.0 Å². The summed E-state index contributed by atoms with van der Waals surface area (Å²) in [7, 11) is 0. The summed E-state index contributed by atoms with van der Waals surface area (Å²) >= 11 is 3.20. The second kappa shape index (κ2) is 2.56. The molecule has 0 radical (unpaired) electrons. The minimum Gasteiger partial charge on any atom is -0.271 e. The number of hydrogen-bond donors (Lipinski definition) is 1. The molecule has 6 heteroatoms. The number of nitrogens with zero attached hydrogens (tertiary/aromatic N) is 4. The van der Waals surface area contributed by atoms with Crippen molar-refractivity contribution in [3.05, 3.63) is 10.7 Å². The van der Waals surface area contributed by atoms with Gasteiger partial charge < -0.3 is 0 Å². The van der Waals surface area contributed by atoms with Gasteiger partial charge in [0.25, 0.3) is 0 Å². The monoisotopic (exact) mass is 230 g/mol. The van der Waals surface area contributed by atoms with Gasteiger partial charge in [0, 0.05) is 11.8 Å². The summed E-state index contributed by atoms with van der Waals surface area (Å²) in [6.45, 7) is 2.24. The first kappa shape index (κ1) is 7.75. The molecule has 0 amide bonds. The third kappa shape index (κ3) is 1.12. The Morgan fingerprint density at radius 3 is 3.17 bits per heavy atom. The molecule has 0 saturated carbocycles. The third-order valence-electron chi connectivity index (χ3n) is 1.54. The quantitative estimate of drug-likeness (QED) is 0.726. The van der Waals surface area contributed by atoms with Gasteiger partial charge in [0.1, 0.15) is 11.1 Å². The van der Waals surface area contributed by atoms with Crippen molar-refractivity contribution < 1.29 is 5.21 Å². The number of aromatic nitrogens is 2. The lowest BCUT2D eigenvalue weighted by Crippen LogP contribution is -2.38. The average molecular weight is 231 g/mol. The largest absolute Gasteiger partial charge is 0.271 e. The Hall–Kier alpha value is -0.880. The molecule has 0 unspecified atom stereocenters. The van der Waals surface area contributed by atoms with Crippen molar-refractivity contribution in [2.45, 2.75) is 6.92 Å². The molecule has 0 aromatic carbocycles. The minimum absolute atomic E-state index is 0.390. The van der Waals surface area contributed by atoms with Gasteiger partial charge in [-0.05, 0) is 22.9 Å². The Balaban J connectivity index is 2.53. The summed E-state index contributed by atoms with van der Waals surface area (Å²) in [6, 6.07) is 1.74. The molecule has 2 heterocycles. The first-order valence-electron chi connectivity index (χ1n) is 3.43. The van der Waals surface area contributed by atoms with Crippen LogP contribution in [0.1, 0.15) is 6.92 Å². The molecule has 1 N–H and O–H groups in total. The molecule has 1 aliphatic rings. The zero-order chi connectivity index (χ0) is 8.72. The van der Waals surface area contributed by atoms with Gasteiger partial charge in [0.05, 0.1) is 0 Å². The molecule has 0 saturated heterocycles. The van der Waals surface area contributed by atoms with E-state index in [4.69, 9.17) is 0 Å². The smallest absolute Gasteiger partial charge is 0.177 e. The molecule has 0 fully saturated rings. The van der Waals surface area contributed by atoms with Crippen LogP contribution in [-0.2, 0) is 0 Å². The average Bonchev–Trinajstić information content (AvgIpc) is 2.29. The van der Waals surface area contributed by atoms with Crippen molar-refractivity contribution in [2.24, 2.45) is 4.99 Å². The molecule has 2 rings (SSSR count). The lowest BCUT2D eigenvalue weighted by molar-refractivity contribution is 0.171. The standard InChI is InChI=1S/C6H7BrN4O/c1-4-3-10(12)11-6(8-4)2-5(7)9-11/h2,12H,3H2,1H3. The Morgan fingerprint density at radius 2 is 2.42 bits per heavy atom. The van der Waals surface area contributed by atoms with E-state index in [1.807, 2.05) is 6.92 Å². The fraction of sp³-hybridized carbons (Fsp3) is 0.333. The van der Waals surface area contributed by atoms with Crippen molar-refractivity contribution >= 4 is 27.5 Å². The molecule has 1 aliphatic heterocycles. The molecular formula is C6H7BrN4O. The van der Waals surface area contributed by atoms with Crippen LogP contribution in [0, 0.1) is 0 Å². The van der Waals surface area contributed by atoms with E-state index in [1.165, 1.54) is 4.79 Å². The Bertz CT molecular complexity index is 345. The predicted octanol–water partition coefficient (Wildman–Crippen LogP) is 1.08. The van der Waals surface area contributed by atoms with Crippen LogP contribution in [0.3, 0.4) is 0 Å². The van der Waals surface area contributed by atoms with Gasteiger partial charge in [-0.25, -0.2) is 4.99 Å². The van der Waals surface area contributed by atoms with E-state index < -0.39 is 0 Å². The highest BCUT2D eigenvalue weighted by molar-refractivity contribution is 9.10. The van der Waals surface area contributed by atoms with E-state index in [2.05, 4.69) is 26.0 Å². The maximum atomic E-state index is 9.38. The Morgan fingerprint density at radius 1 is 1.67 bits per heavy atom. The zero-order valence-electron chi connectivity index (χ0n) is 6.40. The lowest BCUT2D eigenvalue weighted by Gasteiger charge is -2.21. The number of hydroxylamine groups is 1. The highest BCUT2D eigenvalue weighted by Crippen LogP contribution is 2.20. The summed E-state index contributed by atoms with van der Waals surface area (Å²) in [6.07, 6.45) is 0. The fourth-order valence-electron chi connectivity index (χ4n) is 1.08. The Kier molecular flexibility index (Phi) is 1.66. The van der Waals surface area contributed by atoms with Gasteiger partial charge >= 0.3 is 0 Å². The van der Waals surface area contributed by atoms with Crippen LogP contribution in [0.5, 0.6) is 0 Å². The molecule has 0 bridgehead atoms. The summed E-state index contributed by atoms with van der Waals surface area (Å²) in [5.41, 5.74) is 0.859. The normalized spacial score (nSPS) is 15.9. The van der Waals surface area contributed by atoms with Crippen molar-refractivity contribution in [3.63, 3.8) is 0 Å². The molecule has 0 aliphatic carbocycles. The number of rotatable bonds is 0. The minimum atomic E-state index is 0.390. The van der Waals surface area contributed by atoms with Gasteiger partial charge in [-0.1, -0.05) is 0 Å². The van der Waals surface area contributed by atoms with Crippen LogP contribution >= 0.6 is 15.9 Å². The van der Waals surface area contributed by atoms with Gasteiger partial charge in [0.2, 0.25) is 0 Å². The van der Waals surface area contributed by atoms with E-state index in [9.17, 15) is 5.21 Å². The second-order valence-corrected chi connectivity index (χ2v) is 3.40. The zero-order valence-corrected chi connectivity index (χ0v) is 7.98.